The van der Waals surface area contributed by atoms with Gasteiger partial charge in [0, 0.05) is 42.0 Å². The van der Waals surface area contributed by atoms with Gasteiger partial charge < -0.3 is 20.9 Å². The lowest BCUT2D eigenvalue weighted by atomic mass is 9.97. The zero-order valence-corrected chi connectivity index (χ0v) is 25.5. The van der Waals surface area contributed by atoms with Crippen molar-refractivity contribution in [2.75, 3.05) is 43.9 Å². The van der Waals surface area contributed by atoms with Gasteiger partial charge in [0.1, 0.15) is 46.6 Å². The first-order valence-corrected chi connectivity index (χ1v) is 15.6. The van der Waals surface area contributed by atoms with Crippen LogP contribution in [0.3, 0.4) is 0 Å². The number of hydrogen-bond acceptors (Lipinski definition) is 7. The lowest BCUT2D eigenvalue weighted by Crippen LogP contribution is -2.26. The first-order chi connectivity index (χ1) is 21.3. The number of alkyl halides is 1. The first kappa shape index (κ1) is 30.4. The number of nitrogens with zero attached hydrogens (tertiary/aromatic N) is 5. The van der Waals surface area contributed by atoms with Crippen molar-refractivity contribution < 1.29 is 13.2 Å². The quantitative estimate of drug-likeness (QED) is 0.239. The number of fused-ring (bicyclic) bond motifs is 3. The Morgan fingerprint density at radius 1 is 1.14 bits per heavy atom. The Morgan fingerprint density at radius 3 is 2.61 bits per heavy atom. The van der Waals surface area contributed by atoms with Gasteiger partial charge in [-0.3, -0.25) is 4.90 Å². The third-order valence-electron chi connectivity index (χ3n) is 8.92. The smallest absolute Gasteiger partial charge is 0.158 e. The molecule has 2 aromatic carbocycles. The van der Waals surface area contributed by atoms with E-state index in [2.05, 4.69) is 25.1 Å². The highest BCUT2D eigenvalue weighted by molar-refractivity contribution is 6.35. The first-order valence-electron chi connectivity index (χ1n) is 15.3. The third-order valence-corrected chi connectivity index (χ3v) is 9.22. The number of nitrogens with two attached hydrogens (primary N) is 1. The lowest BCUT2D eigenvalue weighted by Gasteiger charge is -2.24. The van der Waals surface area contributed by atoms with E-state index in [1.165, 1.54) is 25.0 Å². The van der Waals surface area contributed by atoms with Crippen LogP contribution in [0.15, 0.2) is 18.2 Å². The molecule has 0 radical (unpaired) electrons. The van der Waals surface area contributed by atoms with E-state index in [0.717, 1.165) is 51.7 Å². The number of hydrogen-bond donors (Lipinski definition) is 3. The number of rotatable bonds is 4. The van der Waals surface area contributed by atoms with Crippen LogP contribution in [0.2, 0.25) is 5.02 Å². The van der Waals surface area contributed by atoms with E-state index in [-0.39, 0.29) is 44.0 Å². The Hall–Kier alpha value is -3.59. The van der Waals surface area contributed by atoms with Crippen molar-refractivity contribution in [1.29, 1.82) is 5.26 Å². The van der Waals surface area contributed by atoms with Gasteiger partial charge in [0.25, 0.3) is 0 Å². The van der Waals surface area contributed by atoms with Crippen LogP contribution in [0.1, 0.15) is 56.3 Å². The van der Waals surface area contributed by atoms with Gasteiger partial charge >= 0.3 is 0 Å². The Balaban J connectivity index is 0.000000323. The fourth-order valence-corrected chi connectivity index (χ4v) is 7.17. The fourth-order valence-electron chi connectivity index (χ4n) is 6.87. The Morgan fingerprint density at radius 2 is 1.91 bits per heavy atom. The van der Waals surface area contributed by atoms with E-state index >= 15 is 4.39 Å². The summed E-state index contributed by atoms with van der Waals surface area (Å²) in [6.45, 7) is 3.86. The van der Waals surface area contributed by atoms with E-state index in [0.29, 0.717) is 36.2 Å². The maximum Gasteiger partial charge on any atom is 0.158 e. The van der Waals surface area contributed by atoms with Crippen molar-refractivity contribution in [3.8, 4) is 17.2 Å². The second kappa shape index (κ2) is 12.8. The molecule has 0 spiro atoms. The van der Waals surface area contributed by atoms with Crippen molar-refractivity contribution in [2.24, 2.45) is 0 Å². The van der Waals surface area contributed by atoms with Crippen LogP contribution in [-0.4, -0.2) is 65.3 Å². The molecule has 0 bridgehead atoms. The molecule has 0 amide bonds. The average molecular weight is 625 g/mol. The van der Waals surface area contributed by atoms with Gasteiger partial charge in [0.2, 0.25) is 0 Å². The van der Waals surface area contributed by atoms with Gasteiger partial charge in [0.05, 0.1) is 17.1 Å². The number of benzene rings is 2. The highest BCUT2D eigenvalue weighted by atomic mass is 35.5. The Kier molecular flexibility index (Phi) is 8.85. The van der Waals surface area contributed by atoms with Crippen molar-refractivity contribution in [1.82, 2.24) is 25.2 Å². The van der Waals surface area contributed by atoms with Crippen molar-refractivity contribution in [3.05, 3.63) is 46.2 Å². The zero-order valence-electron chi connectivity index (χ0n) is 24.7. The minimum atomic E-state index is -0.653. The molecular weight excluding hydrogens is 589 g/mol. The summed E-state index contributed by atoms with van der Waals surface area (Å²) in [5.41, 5.74) is 6.40. The molecule has 4 aromatic rings. The van der Waals surface area contributed by atoms with Crippen LogP contribution in [0.5, 0.6) is 0 Å². The van der Waals surface area contributed by atoms with Gasteiger partial charge in [-0.25, -0.2) is 23.1 Å². The van der Waals surface area contributed by atoms with Crippen LogP contribution in [0.25, 0.3) is 32.9 Å². The Labute approximate surface area is 259 Å². The van der Waals surface area contributed by atoms with E-state index in [4.69, 9.17) is 22.3 Å². The number of anilines is 2. The Bertz CT molecular complexity index is 1720. The van der Waals surface area contributed by atoms with Crippen LogP contribution >= 0.6 is 11.6 Å². The van der Waals surface area contributed by atoms with Crippen LogP contribution < -0.4 is 16.0 Å². The maximum absolute atomic E-state index is 16.3. The van der Waals surface area contributed by atoms with Crippen LogP contribution in [0.4, 0.5) is 24.8 Å². The lowest BCUT2D eigenvalue weighted by molar-refractivity contribution is 0.292. The van der Waals surface area contributed by atoms with Crippen molar-refractivity contribution in [2.45, 2.75) is 63.7 Å². The summed E-state index contributed by atoms with van der Waals surface area (Å²) >= 11 is 6.69. The van der Waals surface area contributed by atoms with Crippen LogP contribution in [0, 0.1) is 23.0 Å². The maximum atomic E-state index is 16.3. The molecule has 8 nitrogen and oxygen atoms in total. The molecule has 7 rings (SSSR count). The van der Waals surface area contributed by atoms with Gasteiger partial charge in [-0.05, 0) is 63.4 Å². The number of aromatic nitrogens is 3. The fraction of sp³-hybridized carbons (Fsp3) is 0.469. The summed E-state index contributed by atoms with van der Waals surface area (Å²) < 4.78 is 43.4. The normalized spacial score (nSPS) is 20.4. The SMILES string of the molecule is CNCc1nc(N2CCCCCC2)c2cc(Cl)c(-c3ccc(F)c4[nH]c(N)c(C#N)c34)c(F)c2n1.FC1CC2CCCN2C1. The number of nitriles is 1. The average Bonchev–Trinajstić information content (AvgIpc) is 3.60. The second-order valence-corrected chi connectivity index (χ2v) is 12.2. The van der Waals surface area contributed by atoms with Crippen molar-refractivity contribution >= 4 is 45.0 Å². The molecule has 3 aliphatic heterocycles. The van der Waals surface area contributed by atoms with E-state index in [9.17, 15) is 14.0 Å². The summed E-state index contributed by atoms with van der Waals surface area (Å²) in [5, 5.41) is 13.5. The van der Waals surface area contributed by atoms with E-state index in [1.54, 1.807) is 13.1 Å². The van der Waals surface area contributed by atoms with Gasteiger partial charge in [-0.15, -0.1) is 0 Å². The molecule has 3 fully saturated rings. The van der Waals surface area contributed by atoms with Gasteiger partial charge in [-0.2, -0.15) is 5.26 Å². The largest absolute Gasteiger partial charge is 0.384 e. The number of halogens is 4. The number of nitrogens with one attached hydrogen (secondary N) is 2. The summed E-state index contributed by atoms with van der Waals surface area (Å²) in [4.78, 5) is 16.4. The topological polar surface area (TPSA) is 110 Å². The molecule has 0 aliphatic carbocycles. The predicted molar refractivity (Wildman–Crippen MR) is 168 cm³/mol. The van der Waals surface area contributed by atoms with E-state index in [1.807, 2.05) is 6.07 Å². The summed E-state index contributed by atoms with van der Waals surface area (Å²) in [6.07, 6.45) is 7.15. The number of aromatic amines is 1. The molecule has 3 aliphatic rings. The molecule has 2 unspecified atom stereocenters. The molecule has 4 N–H and O–H groups in total. The summed E-state index contributed by atoms with van der Waals surface area (Å²) in [5.74, 6) is -0.133. The second-order valence-electron chi connectivity index (χ2n) is 11.8. The van der Waals surface area contributed by atoms with Crippen LogP contribution in [-0.2, 0) is 6.54 Å². The van der Waals surface area contributed by atoms with Gasteiger partial charge in [0.15, 0.2) is 5.82 Å². The molecular formula is C32H36ClF3N8. The monoisotopic (exact) mass is 624 g/mol. The van der Waals surface area contributed by atoms with E-state index < -0.39 is 17.8 Å². The minimum Gasteiger partial charge on any atom is -0.384 e. The highest BCUT2D eigenvalue weighted by Gasteiger charge is 2.34. The molecule has 2 aromatic heterocycles. The standard InChI is InChI=1S/C25H24ClF2N7.C7H12FN/c1-31-12-18-32-22-14(25(33-18)35-8-4-2-3-5-9-35)10-16(26)20(21(22)28)13-6-7-17(27)23-19(13)15(11-29)24(30)34-23;8-6-4-7-2-1-3-9(7)5-6/h6-7,10,31,34H,2-5,8-9,12,30H2,1H3;6-7H,1-5H2. The molecule has 2 atom stereocenters. The molecule has 232 valence electrons. The molecule has 0 saturated carbocycles. The summed E-state index contributed by atoms with van der Waals surface area (Å²) in [6, 6.07) is 6.87. The molecule has 3 saturated heterocycles. The molecule has 12 heteroatoms. The number of H-pyrrole nitrogens is 1. The predicted octanol–water partition coefficient (Wildman–Crippen LogP) is 6.46. The molecule has 5 heterocycles. The number of nitrogen functional groups attached to an aromatic ring is 1. The molecule has 44 heavy (non-hydrogen) atoms. The van der Waals surface area contributed by atoms with Gasteiger partial charge in [-0.1, -0.05) is 30.5 Å². The summed E-state index contributed by atoms with van der Waals surface area (Å²) in [7, 11) is 1.78. The minimum absolute atomic E-state index is 0.00764. The third kappa shape index (κ3) is 5.67. The zero-order chi connectivity index (χ0) is 31.0. The van der Waals surface area contributed by atoms with Crippen molar-refractivity contribution in [3.63, 3.8) is 0 Å². The highest BCUT2D eigenvalue weighted by Crippen LogP contribution is 2.43.